The second-order valence-corrected chi connectivity index (χ2v) is 9.60. The van der Waals surface area contributed by atoms with Gasteiger partial charge in [0.05, 0.1) is 11.3 Å². The van der Waals surface area contributed by atoms with Gasteiger partial charge in [-0.05, 0) is 56.0 Å². The van der Waals surface area contributed by atoms with E-state index >= 15 is 0 Å². The van der Waals surface area contributed by atoms with E-state index in [1.54, 1.807) is 4.90 Å². The lowest BCUT2D eigenvalue weighted by molar-refractivity contribution is -0.138. The van der Waals surface area contributed by atoms with Gasteiger partial charge in [-0.3, -0.25) is 14.8 Å². The van der Waals surface area contributed by atoms with Crippen molar-refractivity contribution in [3.63, 3.8) is 0 Å². The number of anilines is 1. The van der Waals surface area contributed by atoms with Crippen molar-refractivity contribution < 1.29 is 18.0 Å². The van der Waals surface area contributed by atoms with Gasteiger partial charge in [0.1, 0.15) is 5.82 Å². The zero-order valence-electron chi connectivity index (χ0n) is 20.9. The Morgan fingerprint density at radius 1 is 1.19 bits per heavy atom. The van der Waals surface area contributed by atoms with Crippen LogP contribution < -0.4 is 22.1 Å². The Hall–Kier alpha value is -2.96. The summed E-state index contributed by atoms with van der Waals surface area (Å²) in [6, 6.07) is 5.29. The van der Waals surface area contributed by atoms with Crippen LogP contribution in [0, 0.1) is 0 Å². The fourth-order valence-corrected chi connectivity index (χ4v) is 5.03. The van der Waals surface area contributed by atoms with Crippen LogP contribution in [0.3, 0.4) is 0 Å². The van der Waals surface area contributed by atoms with Crippen LogP contribution in [0.25, 0.3) is 5.69 Å². The molecular weight excluding hydrogens is 487 g/mol. The third-order valence-electron chi connectivity index (χ3n) is 7.16. The molecule has 1 aliphatic heterocycles. The standard InChI is InChI=1S/C25H34F3N7O2/c1-2-33(19-7-4-18(29)5-8-19)16-17-3-6-20(15-21(17)25(26,27)28)35-12-9-22(32-24(35)37)31-23(36)34-13-10-30-11-14-34/h3,6,9,12,15,18-19,30H,2,4-5,7-8,10-11,13-14,16,29H2,1H3,(H,31,32,36,37)/t18-,19-. The van der Waals surface area contributed by atoms with Gasteiger partial charge in [0.15, 0.2) is 0 Å². The van der Waals surface area contributed by atoms with Gasteiger partial charge >= 0.3 is 17.9 Å². The molecule has 4 rings (SSSR count). The van der Waals surface area contributed by atoms with E-state index in [1.165, 1.54) is 24.4 Å². The zero-order valence-corrected chi connectivity index (χ0v) is 20.9. The van der Waals surface area contributed by atoms with E-state index in [2.05, 4.69) is 20.5 Å². The van der Waals surface area contributed by atoms with Crippen molar-refractivity contribution in [1.82, 2.24) is 24.7 Å². The molecule has 0 spiro atoms. The summed E-state index contributed by atoms with van der Waals surface area (Å²) in [6.45, 7) is 5.14. The molecule has 0 bridgehead atoms. The summed E-state index contributed by atoms with van der Waals surface area (Å²) in [6.07, 6.45) is 0.206. The number of urea groups is 1. The molecule has 9 nitrogen and oxygen atoms in total. The highest BCUT2D eigenvalue weighted by molar-refractivity contribution is 5.88. The summed E-state index contributed by atoms with van der Waals surface area (Å²) in [5.41, 5.74) is 4.65. The average molecular weight is 522 g/mol. The summed E-state index contributed by atoms with van der Waals surface area (Å²) >= 11 is 0. The van der Waals surface area contributed by atoms with E-state index in [-0.39, 0.29) is 41.7 Å². The predicted molar refractivity (Wildman–Crippen MR) is 135 cm³/mol. The summed E-state index contributed by atoms with van der Waals surface area (Å²) < 4.78 is 43.3. The lowest BCUT2D eigenvalue weighted by atomic mass is 9.90. The molecule has 0 atom stereocenters. The summed E-state index contributed by atoms with van der Waals surface area (Å²) in [5.74, 6) is 0.0447. The smallest absolute Gasteiger partial charge is 0.328 e. The number of hydrogen-bond donors (Lipinski definition) is 3. The Bertz CT molecular complexity index is 1140. The molecule has 4 N–H and O–H groups in total. The maximum absolute atomic E-state index is 14.1. The topological polar surface area (TPSA) is 109 Å². The minimum atomic E-state index is -4.59. The van der Waals surface area contributed by atoms with Crippen LogP contribution >= 0.6 is 0 Å². The van der Waals surface area contributed by atoms with Gasteiger partial charge in [0.2, 0.25) is 0 Å². The van der Waals surface area contributed by atoms with Crippen LogP contribution in [0.5, 0.6) is 0 Å². The van der Waals surface area contributed by atoms with Crippen LogP contribution in [0.15, 0.2) is 35.3 Å². The number of carbonyl (C=O) groups is 1. The third kappa shape index (κ3) is 6.68. The summed E-state index contributed by atoms with van der Waals surface area (Å²) in [5, 5.41) is 5.72. The first-order valence-corrected chi connectivity index (χ1v) is 12.7. The van der Waals surface area contributed by atoms with Crippen molar-refractivity contribution in [2.45, 2.75) is 57.4 Å². The largest absolute Gasteiger partial charge is 0.416 e. The number of hydrogen-bond acceptors (Lipinski definition) is 6. The molecular formula is C25H34F3N7O2. The first-order valence-electron chi connectivity index (χ1n) is 12.7. The second-order valence-electron chi connectivity index (χ2n) is 9.60. The molecule has 2 amide bonds. The maximum atomic E-state index is 14.1. The number of nitrogens with zero attached hydrogens (tertiary/aromatic N) is 4. The van der Waals surface area contributed by atoms with Gasteiger partial charge in [-0.15, -0.1) is 0 Å². The van der Waals surface area contributed by atoms with Crippen molar-refractivity contribution in [3.8, 4) is 5.69 Å². The van der Waals surface area contributed by atoms with E-state index in [9.17, 15) is 22.8 Å². The van der Waals surface area contributed by atoms with Crippen molar-refractivity contribution in [1.29, 1.82) is 0 Å². The van der Waals surface area contributed by atoms with Crippen LogP contribution in [0.1, 0.15) is 43.7 Å². The number of nitrogens with two attached hydrogens (primary N) is 1. The number of aromatic nitrogens is 2. The molecule has 1 saturated carbocycles. The average Bonchev–Trinajstić information content (AvgIpc) is 2.88. The Morgan fingerprint density at radius 3 is 2.51 bits per heavy atom. The number of amides is 2. The van der Waals surface area contributed by atoms with Gasteiger partial charge in [-0.2, -0.15) is 18.2 Å². The molecule has 1 aromatic carbocycles. The molecule has 12 heteroatoms. The molecule has 2 heterocycles. The lowest BCUT2D eigenvalue weighted by Gasteiger charge is -2.36. The molecule has 1 saturated heterocycles. The SMILES string of the molecule is CCN(Cc1ccc(-n2ccc(NC(=O)N3CCNCC3)nc2=O)cc1C(F)(F)F)[C@H]1CC[C@H](N)CC1. The molecule has 0 unspecified atom stereocenters. The van der Waals surface area contributed by atoms with Gasteiger partial charge in [0.25, 0.3) is 0 Å². The highest BCUT2D eigenvalue weighted by atomic mass is 19.4. The highest BCUT2D eigenvalue weighted by Crippen LogP contribution is 2.35. The highest BCUT2D eigenvalue weighted by Gasteiger charge is 2.35. The van der Waals surface area contributed by atoms with E-state index in [4.69, 9.17) is 5.73 Å². The van der Waals surface area contributed by atoms with E-state index in [0.29, 0.717) is 32.7 Å². The number of halogens is 3. The van der Waals surface area contributed by atoms with Crippen molar-refractivity contribution in [3.05, 3.63) is 52.1 Å². The van der Waals surface area contributed by atoms with Crippen LogP contribution in [-0.2, 0) is 12.7 Å². The van der Waals surface area contributed by atoms with Crippen molar-refractivity contribution in [2.75, 3.05) is 38.0 Å². The molecule has 2 aliphatic rings. The first kappa shape index (κ1) is 27.1. The Kier molecular flexibility index (Phi) is 8.50. The zero-order chi connectivity index (χ0) is 26.6. The van der Waals surface area contributed by atoms with Gasteiger partial charge in [-0.25, -0.2) is 9.59 Å². The Balaban J connectivity index is 1.54. The first-order chi connectivity index (χ1) is 17.7. The number of alkyl halides is 3. The Morgan fingerprint density at radius 2 is 1.89 bits per heavy atom. The minimum Gasteiger partial charge on any atom is -0.328 e. The predicted octanol–water partition coefficient (Wildman–Crippen LogP) is 2.78. The van der Waals surface area contributed by atoms with Crippen LogP contribution in [0.4, 0.5) is 23.8 Å². The van der Waals surface area contributed by atoms with E-state index in [0.717, 1.165) is 36.3 Å². The number of nitrogens with one attached hydrogen (secondary N) is 2. The fourth-order valence-electron chi connectivity index (χ4n) is 5.03. The molecule has 2 aromatic rings. The molecule has 37 heavy (non-hydrogen) atoms. The monoisotopic (exact) mass is 521 g/mol. The van der Waals surface area contributed by atoms with Gasteiger partial charge < -0.3 is 16.0 Å². The third-order valence-corrected chi connectivity index (χ3v) is 7.16. The normalized spacial score (nSPS) is 20.8. The molecule has 0 radical (unpaired) electrons. The quantitative estimate of drug-likeness (QED) is 0.540. The summed E-state index contributed by atoms with van der Waals surface area (Å²) in [4.78, 5) is 32.6. The number of piperazine rings is 1. The number of benzene rings is 1. The van der Waals surface area contributed by atoms with Gasteiger partial charge in [-0.1, -0.05) is 13.0 Å². The number of carbonyl (C=O) groups excluding carboxylic acids is 1. The van der Waals surface area contributed by atoms with Gasteiger partial charge in [0, 0.05) is 51.0 Å². The lowest BCUT2D eigenvalue weighted by Crippen LogP contribution is -2.48. The molecule has 1 aliphatic carbocycles. The van der Waals surface area contributed by atoms with E-state index < -0.39 is 17.4 Å². The molecule has 1 aromatic heterocycles. The van der Waals surface area contributed by atoms with Crippen molar-refractivity contribution >= 4 is 11.8 Å². The fraction of sp³-hybridized carbons (Fsp3) is 0.560. The van der Waals surface area contributed by atoms with E-state index in [1.807, 2.05) is 6.92 Å². The minimum absolute atomic E-state index is 0.0447. The Labute approximate surface area is 213 Å². The summed E-state index contributed by atoms with van der Waals surface area (Å²) in [7, 11) is 0. The maximum Gasteiger partial charge on any atom is 0.416 e. The molecule has 2 fully saturated rings. The second kappa shape index (κ2) is 11.6. The molecule has 202 valence electrons. The van der Waals surface area contributed by atoms with Crippen LogP contribution in [-0.4, -0.2) is 70.2 Å². The van der Waals surface area contributed by atoms with Crippen LogP contribution in [0.2, 0.25) is 0 Å². The van der Waals surface area contributed by atoms with Crippen molar-refractivity contribution in [2.24, 2.45) is 5.73 Å². The number of rotatable bonds is 6.